The highest BCUT2D eigenvalue weighted by molar-refractivity contribution is 5.42. The molecule has 0 spiro atoms. The Labute approximate surface area is 131 Å². The Morgan fingerprint density at radius 3 is 2.52 bits per heavy atom. The third kappa shape index (κ3) is 5.75. The van der Waals surface area contributed by atoms with Gasteiger partial charge >= 0.3 is 0 Å². The summed E-state index contributed by atoms with van der Waals surface area (Å²) in [4.78, 5) is 0. The molecule has 0 aromatic heterocycles. The first-order valence-corrected chi connectivity index (χ1v) is 7.94. The second-order valence-electron chi connectivity index (χ2n) is 6.55. The summed E-state index contributed by atoms with van der Waals surface area (Å²) in [5.74, 6) is 0. The van der Waals surface area contributed by atoms with Crippen molar-refractivity contribution >= 4 is 0 Å². The van der Waals surface area contributed by atoms with E-state index in [1.54, 1.807) is 0 Å². The predicted molar refractivity (Wildman–Crippen MR) is 96.3 cm³/mol. The molecule has 114 valence electrons. The van der Waals surface area contributed by atoms with Gasteiger partial charge in [0, 0.05) is 0 Å². The molecule has 0 radical (unpaired) electrons. The van der Waals surface area contributed by atoms with Crippen LogP contribution in [-0.2, 0) is 0 Å². The molecule has 0 fully saturated rings. The molecule has 0 heterocycles. The van der Waals surface area contributed by atoms with Crippen LogP contribution in [0, 0.1) is 5.41 Å². The SMILES string of the molecule is CC/C=C(C)/C=C/C=C(C)/C=C/C1=C(C)C=CCC1(C)C. The molecule has 0 unspecified atom stereocenters. The van der Waals surface area contributed by atoms with Gasteiger partial charge in [-0.05, 0) is 50.2 Å². The van der Waals surface area contributed by atoms with Gasteiger partial charge in [0.05, 0.1) is 0 Å². The number of hydrogen-bond donors (Lipinski definition) is 0. The lowest BCUT2D eigenvalue weighted by Gasteiger charge is -2.29. The van der Waals surface area contributed by atoms with E-state index in [2.05, 4.69) is 90.2 Å². The van der Waals surface area contributed by atoms with E-state index in [0.717, 1.165) is 12.8 Å². The van der Waals surface area contributed by atoms with E-state index in [0.29, 0.717) is 0 Å². The summed E-state index contributed by atoms with van der Waals surface area (Å²) in [6.07, 6.45) is 19.9. The maximum Gasteiger partial charge on any atom is -0.00664 e. The van der Waals surface area contributed by atoms with E-state index in [9.17, 15) is 0 Å². The van der Waals surface area contributed by atoms with Crippen molar-refractivity contribution in [3.05, 3.63) is 70.9 Å². The Morgan fingerprint density at radius 1 is 1.19 bits per heavy atom. The highest BCUT2D eigenvalue weighted by Gasteiger charge is 2.23. The maximum atomic E-state index is 2.32. The summed E-state index contributed by atoms with van der Waals surface area (Å²) in [5.41, 5.74) is 5.67. The van der Waals surface area contributed by atoms with E-state index >= 15 is 0 Å². The molecule has 0 heteroatoms. The Morgan fingerprint density at radius 2 is 1.90 bits per heavy atom. The third-order valence-electron chi connectivity index (χ3n) is 3.91. The van der Waals surface area contributed by atoms with Gasteiger partial charge in [0.2, 0.25) is 0 Å². The van der Waals surface area contributed by atoms with Crippen LogP contribution in [0.3, 0.4) is 0 Å². The second kappa shape index (κ2) is 8.02. The lowest BCUT2D eigenvalue weighted by atomic mass is 9.75. The minimum absolute atomic E-state index is 0.242. The van der Waals surface area contributed by atoms with Crippen molar-refractivity contribution in [1.29, 1.82) is 0 Å². The van der Waals surface area contributed by atoms with Crippen molar-refractivity contribution < 1.29 is 0 Å². The summed E-state index contributed by atoms with van der Waals surface area (Å²) in [7, 11) is 0. The van der Waals surface area contributed by atoms with Crippen LogP contribution in [0.15, 0.2) is 70.9 Å². The average Bonchev–Trinajstić information content (AvgIpc) is 2.37. The van der Waals surface area contributed by atoms with Crippen LogP contribution >= 0.6 is 0 Å². The molecule has 0 aromatic rings. The maximum absolute atomic E-state index is 2.32. The van der Waals surface area contributed by atoms with Crippen molar-refractivity contribution in [2.24, 2.45) is 5.41 Å². The standard InChI is InChI=1S/C21H30/c1-7-10-17(2)11-8-12-18(3)14-15-20-19(4)13-9-16-21(20,5)6/h8-15H,7,16H2,1-6H3/b11-8+,15-14+,17-10+,18-12+. The highest BCUT2D eigenvalue weighted by atomic mass is 14.3. The van der Waals surface area contributed by atoms with E-state index in [1.165, 1.54) is 22.3 Å². The molecule has 0 amide bonds. The van der Waals surface area contributed by atoms with E-state index < -0.39 is 0 Å². The molecule has 0 saturated carbocycles. The van der Waals surface area contributed by atoms with Crippen LogP contribution in [-0.4, -0.2) is 0 Å². The topological polar surface area (TPSA) is 0 Å². The predicted octanol–water partition coefficient (Wildman–Crippen LogP) is 6.70. The van der Waals surface area contributed by atoms with E-state index in [4.69, 9.17) is 0 Å². The minimum Gasteiger partial charge on any atom is -0.0834 e. The molecule has 0 aromatic carbocycles. The van der Waals surface area contributed by atoms with Crippen LogP contribution < -0.4 is 0 Å². The average molecular weight is 282 g/mol. The Hall–Kier alpha value is -1.56. The van der Waals surface area contributed by atoms with E-state index in [1.807, 2.05) is 0 Å². The Bertz CT molecular complexity index is 528. The van der Waals surface area contributed by atoms with Crippen LogP contribution in [0.2, 0.25) is 0 Å². The zero-order valence-electron chi connectivity index (χ0n) is 14.5. The first-order valence-electron chi connectivity index (χ1n) is 7.94. The second-order valence-corrected chi connectivity index (χ2v) is 6.55. The highest BCUT2D eigenvalue weighted by Crippen LogP contribution is 2.37. The van der Waals surface area contributed by atoms with Gasteiger partial charge in [-0.25, -0.2) is 0 Å². The molecule has 0 atom stereocenters. The molecule has 0 saturated heterocycles. The molecule has 0 bridgehead atoms. The fourth-order valence-corrected chi connectivity index (χ4v) is 2.63. The Balaban J connectivity index is 2.80. The number of allylic oxidation sites excluding steroid dienone is 12. The first-order chi connectivity index (χ1) is 9.86. The summed E-state index contributed by atoms with van der Waals surface area (Å²) in [5, 5.41) is 0. The summed E-state index contributed by atoms with van der Waals surface area (Å²) in [6, 6.07) is 0. The van der Waals surface area contributed by atoms with Gasteiger partial charge in [-0.1, -0.05) is 80.5 Å². The summed E-state index contributed by atoms with van der Waals surface area (Å²) in [6.45, 7) is 13.3. The van der Waals surface area contributed by atoms with Crippen LogP contribution in [0.25, 0.3) is 0 Å². The largest absolute Gasteiger partial charge is 0.0834 e. The summed E-state index contributed by atoms with van der Waals surface area (Å²) < 4.78 is 0. The van der Waals surface area contributed by atoms with Crippen LogP contribution in [0.1, 0.15) is 54.4 Å². The van der Waals surface area contributed by atoms with Crippen LogP contribution in [0.5, 0.6) is 0 Å². The zero-order chi connectivity index (χ0) is 15.9. The van der Waals surface area contributed by atoms with Crippen LogP contribution in [0.4, 0.5) is 0 Å². The zero-order valence-corrected chi connectivity index (χ0v) is 14.5. The number of rotatable bonds is 5. The molecule has 21 heavy (non-hydrogen) atoms. The van der Waals surface area contributed by atoms with Gasteiger partial charge in [0.25, 0.3) is 0 Å². The molecule has 0 nitrogen and oxygen atoms in total. The van der Waals surface area contributed by atoms with Crippen molar-refractivity contribution in [3.8, 4) is 0 Å². The van der Waals surface area contributed by atoms with Gasteiger partial charge in [-0.3, -0.25) is 0 Å². The lowest BCUT2D eigenvalue weighted by Crippen LogP contribution is -2.16. The molecule has 1 rings (SSSR count). The van der Waals surface area contributed by atoms with Crippen molar-refractivity contribution in [1.82, 2.24) is 0 Å². The minimum atomic E-state index is 0.242. The smallest absolute Gasteiger partial charge is 0.00664 e. The van der Waals surface area contributed by atoms with E-state index in [-0.39, 0.29) is 5.41 Å². The van der Waals surface area contributed by atoms with Crippen molar-refractivity contribution in [2.45, 2.75) is 54.4 Å². The molecule has 1 aliphatic carbocycles. The molecular weight excluding hydrogens is 252 g/mol. The molecule has 0 aliphatic heterocycles. The Kier molecular flexibility index (Phi) is 6.68. The fraction of sp³-hybridized carbons (Fsp3) is 0.429. The normalized spacial score (nSPS) is 20.1. The van der Waals surface area contributed by atoms with Crippen molar-refractivity contribution in [3.63, 3.8) is 0 Å². The lowest BCUT2D eigenvalue weighted by molar-refractivity contribution is 0.456. The van der Waals surface area contributed by atoms with Crippen molar-refractivity contribution in [2.75, 3.05) is 0 Å². The van der Waals surface area contributed by atoms with Gasteiger partial charge in [0.15, 0.2) is 0 Å². The molecule has 0 N–H and O–H groups in total. The number of hydrogen-bond acceptors (Lipinski definition) is 0. The molecular formula is C21H30. The first kappa shape index (κ1) is 17.5. The van der Waals surface area contributed by atoms with Gasteiger partial charge in [-0.2, -0.15) is 0 Å². The molecule has 1 aliphatic rings. The van der Waals surface area contributed by atoms with Gasteiger partial charge in [0.1, 0.15) is 0 Å². The fourth-order valence-electron chi connectivity index (χ4n) is 2.63. The quantitative estimate of drug-likeness (QED) is 0.492. The van der Waals surface area contributed by atoms with Gasteiger partial charge in [-0.15, -0.1) is 0 Å². The monoisotopic (exact) mass is 282 g/mol. The van der Waals surface area contributed by atoms with Gasteiger partial charge < -0.3 is 0 Å². The third-order valence-corrected chi connectivity index (χ3v) is 3.91. The summed E-state index contributed by atoms with van der Waals surface area (Å²) >= 11 is 0.